The molecule has 2 heterocycles. The summed E-state index contributed by atoms with van der Waals surface area (Å²) in [4.78, 5) is 7.08. The number of methoxy groups -OCH3 is 2. The van der Waals surface area contributed by atoms with Crippen LogP contribution >= 0.6 is 0 Å². The predicted octanol–water partition coefficient (Wildman–Crippen LogP) is 3.53. The van der Waals surface area contributed by atoms with Crippen LogP contribution in [0.5, 0.6) is 11.5 Å². The Labute approximate surface area is 167 Å². The quantitative estimate of drug-likeness (QED) is 0.857. The molecule has 2 unspecified atom stereocenters. The number of aryl methyl sites for hydroxylation is 1. The van der Waals surface area contributed by atoms with Crippen molar-refractivity contribution in [2.75, 3.05) is 27.3 Å². The van der Waals surface area contributed by atoms with Crippen LogP contribution in [0, 0.1) is 18.8 Å². The van der Waals surface area contributed by atoms with Crippen LogP contribution in [-0.2, 0) is 12.1 Å². The number of fused-ring (bicyclic) bond motifs is 2. The number of benzene rings is 1. The van der Waals surface area contributed by atoms with E-state index in [1.807, 2.05) is 18.3 Å². The van der Waals surface area contributed by atoms with Crippen molar-refractivity contribution < 1.29 is 14.6 Å². The molecule has 150 valence electrons. The van der Waals surface area contributed by atoms with Crippen LogP contribution in [0.15, 0.2) is 36.5 Å². The molecule has 1 aromatic carbocycles. The number of aromatic nitrogens is 1. The minimum Gasteiger partial charge on any atom is -0.493 e. The molecule has 2 atom stereocenters. The number of pyridine rings is 1. The molecular formula is C23H30N2O3. The van der Waals surface area contributed by atoms with Crippen LogP contribution in [0.4, 0.5) is 0 Å². The summed E-state index contributed by atoms with van der Waals surface area (Å²) in [6.45, 7) is 4.69. The van der Waals surface area contributed by atoms with E-state index in [1.54, 1.807) is 14.2 Å². The zero-order valence-electron chi connectivity index (χ0n) is 17.0. The van der Waals surface area contributed by atoms with Gasteiger partial charge in [-0.15, -0.1) is 0 Å². The fourth-order valence-corrected chi connectivity index (χ4v) is 5.20. The van der Waals surface area contributed by atoms with Gasteiger partial charge in [0.1, 0.15) is 5.60 Å². The van der Waals surface area contributed by atoms with E-state index >= 15 is 0 Å². The van der Waals surface area contributed by atoms with Crippen LogP contribution in [0.2, 0.25) is 0 Å². The van der Waals surface area contributed by atoms with Crippen molar-refractivity contribution in [3.63, 3.8) is 0 Å². The molecule has 2 aliphatic rings. The Morgan fingerprint density at radius 1 is 1.11 bits per heavy atom. The molecule has 0 amide bonds. The van der Waals surface area contributed by atoms with Crippen molar-refractivity contribution in [1.29, 1.82) is 0 Å². The second-order valence-electron chi connectivity index (χ2n) is 8.20. The van der Waals surface area contributed by atoms with Gasteiger partial charge in [0.2, 0.25) is 0 Å². The molecule has 0 spiro atoms. The van der Waals surface area contributed by atoms with Gasteiger partial charge in [0.05, 0.1) is 19.9 Å². The van der Waals surface area contributed by atoms with Gasteiger partial charge in [0.15, 0.2) is 11.5 Å². The van der Waals surface area contributed by atoms with E-state index in [0.29, 0.717) is 0 Å². The highest BCUT2D eigenvalue weighted by Gasteiger charge is 2.52. The molecule has 5 heteroatoms. The van der Waals surface area contributed by atoms with Gasteiger partial charge in [-0.1, -0.05) is 18.6 Å². The molecular weight excluding hydrogens is 352 g/mol. The smallest absolute Gasteiger partial charge is 0.161 e. The zero-order valence-corrected chi connectivity index (χ0v) is 17.0. The van der Waals surface area contributed by atoms with Gasteiger partial charge in [0.25, 0.3) is 0 Å². The number of hydrogen-bond donors (Lipinski definition) is 1. The Morgan fingerprint density at radius 2 is 1.82 bits per heavy atom. The highest BCUT2D eigenvalue weighted by Crippen LogP contribution is 2.49. The summed E-state index contributed by atoms with van der Waals surface area (Å²) in [5, 5.41) is 11.8. The van der Waals surface area contributed by atoms with E-state index in [9.17, 15) is 5.11 Å². The lowest BCUT2D eigenvalue weighted by atomic mass is 9.63. The third-order valence-electron chi connectivity index (χ3n) is 6.55. The van der Waals surface area contributed by atoms with E-state index in [4.69, 9.17) is 9.47 Å². The molecule has 1 N–H and O–H groups in total. The minimum atomic E-state index is -0.808. The molecule has 1 aliphatic heterocycles. The number of likely N-dealkylation sites (tertiary alicyclic amines) is 1. The minimum absolute atomic E-state index is 0.216. The second-order valence-corrected chi connectivity index (χ2v) is 8.20. The Hall–Kier alpha value is -2.11. The van der Waals surface area contributed by atoms with Crippen molar-refractivity contribution in [1.82, 2.24) is 9.88 Å². The van der Waals surface area contributed by atoms with Gasteiger partial charge in [-0.2, -0.15) is 0 Å². The highest BCUT2D eigenvalue weighted by molar-refractivity contribution is 5.43. The third-order valence-corrected chi connectivity index (χ3v) is 6.55. The van der Waals surface area contributed by atoms with Crippen molar-refractivity contribution in [2.24, 2.45) is 11.8 Å². The van der Waals surface area contributed by atoms with Crippen molar-refractivity contribution in [3.05, 3.63) is 53.3 Å². The molecule has 1 saturated heterocycles. The molecule has 1 aromatic heterocycles. The van der Waals surface area contributed by atoms with E-state index < -0.39 is 5.60 Å². The first-order valence-corrected chi connectivity index (χ1v) is 10.1. The zero-order chi connectivity index (χ0) is 19.7. The number of rotatable bonds is 5. The fourth-order valence-electron chi connectivity index (χ4n) is 5.20. The molecule has 5 nitrogen and oxygen atoms in total. The maximum atomic E-state index is 11.8. The molecule has 2 fully saturated rings. The molecule has 2 bridgehead atoms. The first-order chi connectivity index (χ1) is 13.6. The predicted molar refractivity (Wildman–Crippen MR) is 109 cm³/mol. The Balaban J connectivity index is 1.56. The first kappa shape index (κ1) is 19.2. The molecule has 1 aliphatic carbocycles. The second kappa shape index (κ2) is 7.72. The van der Waals surface area contributed by atoms with Crippen LogP contribution in [0.1, 0.15) is 36.1 Å². The monoisotopic (exact) mass is 382 g/mol. The van der Waals surface area contributed by atoms with Crippen molar-refractivity contribution >= 4 is 0 Å². The fraction of sp³-hybridized carbons (Fsp3) is 0.522. The number of aliphatic hydroxyl groups is 1. The summed E-state index contributed by atoms with van der Waals surface area (Å²) in [5.41, 5.74) is 2.37. The topological polar surface area (TPSA) is 54.8 Å². The Morgan fingerprint density at radius 3 is 2.46 bits per heavy atom. The molecule has 2 aromatic rings. The Bertz CT molecular complexity index is 824. The van der Waals surface area contributed by atoms with E-state index in [1.165, 1.54) is 12.0 Å². The van der Waals surface area contributed by atoms with Gasteiger partial charge in [-0.3, -0.25) is 9.88 Å². The van der Waals surface area contributed by atoms with Crippen molar-refractivity contribution in [2.45, 2.75) is 38.3 Å². The maximum Gasteiger partial charge on any atom is 0.161 e. The molecule has 28 heavy (non-hydrogen) atoms. The first-order valence-electron chi connectivity index (χ1n) is 10.1. The number of nitrogens with zero attached hydrogens (tertiary/aromatic N) is 2. The van der Waals surface area contributed by atoms with Gasteiger partial charge >= 0.3 is 0 Å². The number of piperidine rings is 1. The molecule has 0 radical (unpaired) electrons. The molecule has 1 saturated carbocycles. The lowest BCUT2D eigenvalue weighted by Gasteiger charge is -2.53. The SMILES string of the molecule is COc1ccc(CN2CC3CCCC(C2)C3(O)c2ncccc2C)cc1OC. The van der Waals surface area contributed by atoms with Gasteiger partial charge in [-0.05, 0) is 49.1 Å². The van der Waals surface area contributed by atoms with E-state index in [-0.39, 0.29) is 11.8 Å². The van der Waals surface area contributed by atoms with Crippen LogP contribution in [0.3, 0.4) is 0 Å². The number of ether oxygens (including phenoxy) is 2. The summed E-state index contributed by atoms with van der Waals surface area (Å²) >= 11 is 0. The molecule has 4 rings (SSSR count). The van der Waals surface area contributed by atoms with E-state index in [2.05, 4.69) is 35.0 Å². The van der Waals surface area contributed by atoms with Crippen LogP contribution < -0.4 is 9.47 Å². The largest absolute Gasteiger partial charge is 0.493 e. The van der Waals surface area contributed by atoms with Crippen LogP contribution in [0.25, 0.3) is 0 Å². The lowest BCUT2D eigenvalue weighted by molar-refractivity contribution is -0.151. The lowest BCUT2D eigenvalue weighted by Crippen LogP contribution is -2.58. The summed E-state index contributed by atoms with van der Waals surface area (Å²) in [7, 11) is 3.33. The average molecular weight is 383 g/mol. The third kappa shape index (κ3) is 3.27. The van der Waals surface area contributed by atoms with Crippen molar-refractivity contribution in [3.8, 4) is 11.5 Å². The normalized spacial score (nSPS) is 27.4. The summed E-state index contributed by atoms with van der Waals surface area (Å²) in [6.07, 6.45) is 5.09. The summed E-state index contributed by atoms with van der Waals surface area (Å²) in [6, 6.07) is 10.1. The highest BCUT2D eigenvalue weighted by atomic mass is 16.5. The number of hydrogen-bond acceptors (Lipinski definition) is 5. The van der Waals surface area contributed by atoms with Gasteiger partial charge in [-0.25, -0.2) is 0 Å². The van der Waals surface area contributed by atoms with E-state index in [0.717, 1.165) is 55.2 Å². The van der Waals surface area contributed by atoms with Gasteiger partial charge in [0, 0.05) is 37.7 Å². The standard InChI is InChI=1S/C23H30N2O3/c1-16-6-5-11-24-22(16)23(26)18-7-4-8-19(23)15-25(14-18)13-17-9-10-20(27-2)21(12-17)28-3/h5-6,9-12,18-19,26H,4,7-8,13-15H2,1-3H3. The Kier molecular flexibility index (Phi) is 5.30. The summed E-state index contributed by atoms with van der Waals surface area (Å²) < 4.78 is 10.8. The van der Waals surface area contributed by atoms with Crippen LogP contribution in [-0.4, -0.2) is 42.3 Å². The van der Waals surface area contributed by atoms with Gasteiger partial charge < -0.3 is 14.6 Å². The maximum absolute atomic E-state index is 11.8. The summed E-state index contributed by atoms with van der Waals surface area (Å²) in [5.74, 6) is 1.95. The average Bonchev–Trinajstić information content (AvgIpc) is 2.69.